The summed E-state index contributed by atoms with van der Waals surface area (Å²) in [4.78, 5) is 10.2. The van der Waals surface area contributed by atoms with Crippen LogP contribution in [0.4, 0.5) is 0 Å². The van der Waals surface area contributed by atoms with Gasteiger partial charge in [-0.1, -0.05) is 183 Å². The third-order valence-corrected chi connectivity index (χ3v) is 12.5. The average molecular weight is 717 g/mol. The minimum Gasteiger partial charge on any atom is -0.228 e. The molecule has 8 aromatic carbocycles. The summed E-state index contributed by atoms with van der Waals surface area (Å²) in [5, 5.41) is 5.05. The summed E-state index contributed by atoms with van der Waals surface area (Å²) in [7, 11) is 0. The SMILES string of the molecule is c1ccc(-c2cc(-c3ccc(-c4ccc(-c5cccc6c5-c5cc7ccccc7cc5C65CCCCC5)cc4)c4ccccc34)nc(-c3ccccc3)n2)cc1. The van der Waals surface area contributed by atoms with Crippen molar-refractivity contribution in [3.8, 4) is 67.3 Å². The highest BCUT2D eigenvalue weighted by atomic mass is 14.9. The first-order valence-electron chi connectivity index (χ1n) is 20.0. The first-order valence-corrected chi connectivity index (χ1v) is 20.0. The van der Waals surface area contributed by atoms with Crippen molar-refractivity contribution in [2.45, 2.75) is 37.5 Å². The van der Waals surface area contributed by atoms with Gasteiger partial charge in [0, 0.05) is 22.1 Å². The van der Waals surface area contributed by atoms with E-state index in [1.54, 1.807) is 0 Å². The van der Waals surface area contributed by atoms with Crippen LogP contribution in [0.15, 0.2) is 182 Å². The Morgan fingerprint density at radius 1 is 0.357 bits per heavy atom. The van der Waals surface area contributed by atoms with Crippen LogP contribution in [0.3, 0.4) is 0 Å². The van der Waals surface area contributed by atoms with Gasteiger partial charge < -0.3 is 0 Å². The average Bonchev–Trinajstić information content (AvgIpc) is 3.53. The number of fused-ring (bicyclic) bond motifs is 7. The number of rotatable bonds is 5. The lowest BCUT2D eigenvalue weighted by Gasteiger charge is -2.36. The smallest absolute Gasteiger partial charge is 0.160 e. The lowest BCUT2D eigenvalue weighted by atomic mass is 9.67. The number of hydrogen-bond acceptors (Lipinski definition) is 2. The molecule has 2 aliphatic rings. The summed E-state index contributed by atoms with van der Waals surface area (Å²) in [6.45, 7) is 0. The van der Waals surface area contributed by atoms with Gasteiger partial charge in [0.2, 0.25) is 0 Å². The van der Waals surface area contributed by atoms with Crippen LogP contribution in [0, 0.1) is 0 Å². The second-order valence-electron chi connectivity index (χ2n) is 15.6. The molecule has 1 heterocycles. The van der Waals surface area contributed by atoms with Crippen molar-refractivity contribution in [3.05, 3.63) is 193 Å². The predicted molar refractivity (Wildman–Crippen MR) is 234 cm³/mol. The van der Waals surface area contributed by atoms with E-state index in [0.717, 1.165) is 33.9 Å². The van der Waals surface area contributed by atoms with Crippen molar-refractivity contribution >= 4 is 21.5 Å². The maximum Gasteiger partial charge on any atom is 0.160 e. The molecular weight excluding hydrogens is 677 g/mol. The highest BCUT2D eigenvalue weighted by Crippen LogP contribution is 2.58. The largest absolute Gasteiger partial charge is 0.228 e. The second kappa shape index (κ2) is 13.3. The van der Waals surface area contributed by atoms with Crippen LogP contribution in [-0.4, -0.2) is 9.97 Å². The first kappa shape index (κ1) is 32.8. The van der Waals surface area contributed by atoms with Gasteiger partial charge in [0.25, 0.3) is 0 Å². The molecule has 0 N–H and O–H groups in total. The molecule has 0 unspecified atom stereocenters. The van der Waals surface area contributed by atoms with Crippen LogP contribution in [0.5, 0.6) is 0 Å². The minimum absolute atomic E-state index is 0.108. The summed E-state index contributed by atoms with van der Waals surface area (Å²) in [5.41, 5.74) is 16.1. The van der Waals surface area contributed by atoms with Gasteiger partial charge in [-0.25, -0.2) is 9.97 Å². The Balaban J connectivity index is 1.01. The maximum atomic E-state index is 5.18. The highest BCUT2D eigenvalue weighted by Gasteiger charge is 2.44. The maximum absolute atomic E-state index is 5.18. The van der Waals surface area contributed by atoms with Crippen molar-refractivity contribution < 1.29 is 0 Å². The van der Waals surface area contributed by atoms with Gasteiger partial charge in [-0.15, -0.1) is 0 Å². The predicted octanol–water partition coefficient (Wildman–Crippen LogP) is 14.3. The van der Waals surface area contributed by atoms with Crippen LogP contribution in [0.1, 0.15) is 43.2 Å². The van der Waals surface area contributed by atoms with E-state index in [0.29, 0.717) is 0 Å². The fourth-order valence-electron chi connectivity index (χ4n) is 9.83. The molecule has 0 saturated heterocycles. The first-order chi connectivity index (χ1) is 27.7. The molecule has 9 aromatic rings. The zero-order valence-corrected chi connectivity index (χ0v) is 31.3. The number of nitrogens with zero attached hydrogens (tertiary/aromatic N) is 2. The minimum atomic E-state index is 0.108. The Hall–Kier alpha value is -6.64. The molecule has 2 nitrogen and oxygen atoms in total. The third-order valence-electron chi connectivity index (χ3n) is 12.5. The second-order valence-corrected chi connectivity index (χ2v) is 15.6. The molecule has 2 aliphatic carbocycles. The van der Waals surface area contributed by atoms with E-state index in [-0.39, 0.29) is 5.41 Å². The quantitative estimate of drug-likeness (QED) is 0.177. The zero-order chi connectivity index (χ0) is 37.1. The molecule has 0 aliphatic heterocycles. The summed E-state index contributed by atoms with van der Waals surface area (Å²) in [6, 6.07) is 66.3. The van der Waals surface area contributed by atoms with Gasteiger partial charge >= 0.3 is 0 Å². The number of aromatic nitrogens is 2. The van der Waals surface area contributed by atoms with E-state index in [1.165, 1.54) is 98.2 Å². The molecule has 2 heteroatoms. The standard InChI is InChI=1S/C54H40N2/c1-4-15-38(16-5-1)50-35-51(56-53(55-50)39-17-6-2-7-18-39)46-30-29-42(44-21-10-11-22-45(44)46)36-25-27-37(28-26-36)43-23-14-24-48-52(43)47-33-40-19-8-9-20-41(40)34-49(47)54(48)31-12-3-13-32-54/h1-2,4-11,14-30,33-35H,3,12-13,31-32H2. The monoisotopic (exact) mass is 716 g/mol. The fourth-order valence-corrected chi connectivity index (χ4v) is 9.83. The van der Waals surface area contributed by atoms with E-state index in [1.807, 2.05) is 24.3 Å². The van der Waals surface area contributed by atoms with E-state index in [4.69, 9.17) is 9.97 Å². The topological polar surface area (TPSA) is 25.8 Å². The summed E-state index contributed by atoms with van der Waals surface area (Å²) >= 11 is 0. The van der Waals surface area contributed by atoms with E-state index in [2.05, 4.69) is 158 Å². The summed E-state index contributed by atoms with van der Waals surface area (Å²) in [6.07, 6.45) is 6.37. The Kier molecular flexibility index (Phi) is 7.77. The van der Waals surface area contributed by atoms with Crippen molar-refractivity contribution in [2.24, 2.45) is 0 Å². The van der Waals surface area contributed by atoms with Crippen molar-refractivity contribution in [1.29, 1.82) is 0 Å². The highest BCUT2D eigenvalue weighted by molar-refractivity contribution is 6.05. The van der Waals surface area contributed by atoms with Crippen LogP contribution >= 0.6 is 0 Å². The van der Waals surface area contributed by atoms with Crippen LogP contribution in [0.25, 0.3) is 88.8 Å². The molecule has 0 atom stereocenters. The van der Waals surface area contributed by atoms with E-state index in [9.17, 15) is 0 Å². The molecule has 0 amide bonds. The third kappa shape index (κ3) is 5.32. The van der Waals surface area contributed by atoms with Gasteiger partial charge in [-0.05, 0) is 97.1 Å². The van der Waals surface area contributed by atoms with Crippen molar-refractivity contribution in [1.82, 2.24) is 9.97 Å². The van der Waals surface area contributed by atoms with Crippen molar-refractivity contribution in [3.63, 3.8) is 0 Å². The van der Waals surface area contributed by atoms with Crippen LogP contribution in [0.2, 0.25) is 0 Å². The number of hydrogen-bond donors (Lipinski definition) is 0. The molecule has 0 bridgehead atoms. The number of benzene rings is 8. The molecule has 56 heavy (non-hydrogen) atoms. The summed E-state index contributed by atoms with van der Waals surface area (Å²) in [5.74, 6) is 0.725. The molecule has 1 spiro atoms. The van der Waals surface area contributed by atoms with E-state index < -0.39 is 0 Å². The summed E-state index contributed by atoms with van der Waals surface area (Å²) < 4.78 is 0. The van der Waals surface area contributed by atoms with Gasteiger partial charge in [-0.3, -0.25) is 0 Å². The van der Waals surface area contributed by atoms with Gasteiger partial charge in [-0.2, -0.15) is 0 Å². The van der Waals surface area contributed by atoms with Crippen LogP contribution in [-0.2, 0) is 5.41 Å². The zero-order valence-electron chi connectivity index (χ0n) is 31.3. The Labute approximate surface area is 328 Å². The van der Waals surface area contributed by atoms with Gasteiger partial charge in [0.1, 0.15) is 0 Å². The molecule has 1 saturated carbocycles. The molecule has 11 rings (SSSR count). The molecular formula is C54H40N2. The van der Waals surface area contributed by atoms with Gasteiger partial charge in [0.05, 0.1) is 11.4 Å². The Morgan fingerprint density at radius 2 is 0.946 bits per heavy atom. The molecule has 266 valence electrons. The lowest BCUT2D eigenvalue weighted by Crippen LogP contribution is -2.28. The Bertz CT molecular complexity index is 2860. The van der Waals surface area contributed by atoms with Crippen LogP contribution < -0.4 is 0 Å². The van der Waals surface area contributed by atoms with Crippen molar-refractivity contribution in [2.75, 3.05) is 0 Å². The normalized spacial score (nSPS) is 14.2. The molecule has 0 radical (unpaired) electrons. The molecule has 1 aromatic heterocycles. The van der Waals surface area contributed by atoms with Gasteiger partial charge in [0.15, 0.2) is 5.82 Å². The van der Waals surface area contributed by atoms with E-state index >= 15 is 0 Å². The molecule has 1 fully saturated rings. The lowest BCUT2D eigenvalue weighted by molar-refractivity contribution is 0.353. The Morgan fingerprint density at radius 3 is 1.68 bits per heavy atom. The fraction of sp³-hybridized carbons (Fsp3) is 0.111.